The van der Waals surface area contributed by atoms with Gasteiger partial charge < -0.3 is 20.0 Å². The second kappa shape index (κ2) is 9.28. The van der Waals surface area contributed by atoms with Crippen LogP contribution in [0.4, 0.5) is 4.39 Å². The van der Waals surface area contributed by atoms with Crippen molar-refractivity contribution in [1.82, 2.24) is 10.2 Å². The van der Waals surface area contributed by atoms with E-state index < -0.39 is 0 Å². The summed E-state index contributed by atoms with van der Waals surface area (Å²) in [6.07, 6.45) is 0. The normalized spacial score (nSPS) is 16.9. The summed E-state index contributed by atoms with van der Waals surface area (Å²) in [6.45, 7) is 10.3. The van der Waals surface area contributed by atoms with Crippen LogP contribution in [0.25, 0.3) is 0 Å². The summed E-state index contributed by atoms with van der Waals surface area (Å²) in [7, 11) is 1.95. The molecule has 0 spiro atoms. The lowest BCUT2D eigenvalue weighted by Gasteiger charge is -2.32. The van der Waals surface area contributed by atoms with Crippen LogP contribution >= 0.6 is 0 Å². The Morgan fingerprint density at radius 3 is 2.52 bits per heavy atom. The van der Waals surface area contributed by atoms with Gasteiger partial charge in [0.25, 0.3) is 11.8 Å². The number of piperazine rings is 1. The van der Waals surface area contributed by atoms with Gasteiger partial charge in [0.05, 0.1) is 33.2 Å². The third kappa shape index (κ3) is 7.64. The van der Waals surface area contributed by atoms with Gasteiger partial charge in [0, 0.05) is 11.1 Å². The summed E-state index contributed by atoms with van der Waals surface area (Å²) < 4.78 is 13.3. The van der Waals surface area contributed by atoms with Crippen molar-refractivity contribution in [2.75, 3.05) is 46.3 Å². The molecule has 150 valence electrons. The van der Waals surface area contributed by atoms with Crippen LogP contribution in [0.1, 0.15) is 26.3 Å². The summed E-state index contributed by atoms with van der Waals surface area (Å²) in [5, 5.41) is 2.98. The number of quaternary nitrogens is 2. The minimum Gasteiger partial charge on any atom is -0.347 e. The van der Waals surface area contributed by atoms with Crippen LogP contribution < -0.4 is 15.1 Å². The quantitative estimate of drug-likeness (QED) is 0.562. The zero-order valence-corrected chi connectivity index (χ0v) is 16.9. The van der Waals surface area contributed by atoms with Crippen molar-refractivity contribution in [3.63, 3.8) is 0 Å². The lowest BCUT2D eigenvalue weighted by molar-refractivity contribution is -0.897. The number of likely N-dealkylation sites (N-methyl/N-ethyl adjacent to an activating group) is 1. The molecule has 0 saturated carbocycles. The number of rotatable bonds is 6. The SMILES string of the molecule is C[NH+](CC(=O)N1CC[NH+](CC(=O)NC(C)(C)C)CC1)Cc1cccc(F)c1. The summed E-state index contributed by atoms with van der Waals surface area (Å²) >= 11 is 0. The fourth-order valence-corrected chi connectivity index (χ4v) is 3.37. The Morgan fingerprint density at radius 1 is 1.26 bits per heavy atom. The first-order valence-corrected chi connectivity index (χ1v) is 9.60. The van der Waals surface area contributed by atoms with Gasteiger partial charge in [-0.25, -0.2) is 4.39 Å². The molecule has 1 aromatic carbocycles. The Bertz CT molecular complexity index is 652. The topological polar surface area (TPSA) is 58.3 Å². The average Bonchev–Trinajstić information content (AvgIpc) is 2.53. The predicted molar refractivity (Wildman–Crippen MR) is 102 cm³/mol. The van der Waals surface area contributed by atoms with Gasteiger partial charge in [0.2, 0.25) is 0 Å². The second-order valence-electron chi connectivity index (χ2n) is 8.55. The molecule has 1 aliphatic rings. The summed E-state index contributed by atoms with van der Waals surface area (Å²) in [4.78, 5) is 28.7. The van der Waals surface area contributed by atoms with E-state index >= 15 is 0 Å². The summed E-state index contributed by atoms with van der Waals surface area (Å²) in [5.41, 5.74) is 0.669. The molecule has 1 unspecified atom stereocenters. The molecule has 0 radical (unpaired) electrons. The molecule has 27 heavy (non-hydrogen) atoms. The van der Waals surface area contributed by atoms with Crippen molar-refractivity contribution < 1.29 is 23.8 Å². The molecule has 1 saturated heterocycles. The van der Waals surface area contributed by atoms with E-state index in [9.17, 15) is 14.0 Å². The Balaban J connectivity index is 1.73. The van der Waals surface area contributed by atoms with Crippen LogP contribution in [0.5, 0.6) is 0 Å². The van der Waals surface area contributed by atoms with E-state index in [0.29, 0.717) is 32.7 Å². The standard InChI is InChI=1S/C20H31FN4O2/c1-20(2,3)22-18(26)14-24-8-10-25(11-9-24)19(27)15-23(4)13-16-6-5-7-17(21)12-16/h5-7,12H,8-11,13-15H2,1-4H3,(H,22,26)/p+2. The molecule has 2 rings (SSSR count). The number of amides is 2. The molecule has 7 heteroatoms. The van der Waals surface area contributed by atoms with Crippen molar-refractivity contribution in [3.8, 4) is 0 Å². The molecular formula is C20H33FN4O2+2. The van der Waals surface area contributed by atoms with Crippen molar-refractivity contribution in [2.45, 2.75) is 32.9 Å². The number of halogens is 1. The first-order valence-electron chi connectivity index (χ1n) is 9.60. The number of benzene rings is 1. The number of carbonyl (C=O) groups is 2. The van der Waals surface area contributed by atoms with E-state index in [2.05, 4.69) is 5.32 Å². The van der Waals surface area contributed by atoms with Gasteiger partial charge in [-0.3, -0.25) is 9.59 Å². The molecule has 2 amide bonds. The van der Waals surface area contributed by atoms with Gasteiger partial charge in [-0.15, -0.1) is 0 Å². The van der Waals surface area contributed by atoms with Crippen LogP contribution in [-0.2, 0) is 16.1 Å². The van der Waals surface area contributed by atoms with Crippen molar-refractivity contribution >= 4 is 11.8 Å². The maximum atomic E-state index is 13.3. The highest BCUT2D eigenvalue weighted by atomic mass is 19.1. The summed E-state index contributed by atoms with van der Waals surface area (Å²) in [6, 6.07) is 6.51. The van der Waals surface area contributed by atoms with E-state index in [0.717, 1.165) is 23.6 Å². The Labute approximate surface area is 161 Å². The summed E-state index contributed by atoms with van der Waals surface area (Å²) in [5.74, 6) is -0.0835. The van der Waals surface area contributed by atoms with E-state index in [1.807, 2.05) is 38.8 Å². The minimum absolute atomic E-state index is 0.0524. The Morgan fingerprint density at radius 2 is 1.93 bits per heavy atom. The Kier molecular flexibility index (Phi) is 7.33. The third-order valence-corrected chi connectivity index (χ3v) is 4.60. The van der Waals surface area contributed by atoms with Gasteiger partial charge >= 0.3 is 0 Å². The highest BCUT2D eigenvalue weighted by Gasteiger charge is 2.27. The molecule has 1 fully saturated rings. The third-order valence-electron chi connectivity index (χ3n) is 4.60. The highest BCUT2D eigenvalue weighted by Crippen LogP contribution is 2.01. The van der Waals surface area contributed by atoms with Crippen LogP contribution in [0.15, 0.2) is 24.3 Å². The van der Waals surface area contributed by atoms with Crippen molar-refractivity contribution in [2.24, 2.45) is 0 Å². The van der Waals surface area contributed by atoms with Gasteiger partial charge in [-0.1, -0.05) is 12.1 Å². The van der Waals surface area contributed by atoms with E-state index in [-0.39, 0.29) is 23.2 Å². The van der Waals surface area contributed by atoms with Crippen LogP contribution in [0, 0.1) is 5.82 Å². The highest BCUT2D eigenvalue weighted by molar-refractivity contribution is 5.78. The monoisotopic (exact) mass is 380 g/mol. The van der Waals surface area contributed by atoms with Crippen LogP contribution in [0.3, 0.4) is 0 Å². The number of hydrogen-bond acceptors (Lipinski definition) is 2. The van der Waals surface area contributed by atoms with Crippen LogP contribution in [0.2, 0.25) is 0 Å². The van der Waals surface area contributed by atoms with Gasteiger partial charge in [0.1, 0.15) is 12.4 Å². The molecule has 3 N–H and O–H groups in total. The smallest absolute Gasteiger partial charge is 0.278 e. The molecule has 0 aliphatic carbocycles. The lowest BCUT2D eigenvalue weighted by Crippen LogP contribution is -3.16. The first kappa shape index (κ1) is 21.3. The van der Waals surface area contributed by atoms with Gasteiger partial charge in [0.15, 0.2) is 13.1 Å². The van der Waals surface area contributed by atoms with E-state index in [4.69, 9.17) is 0 Å². The molecular weight excluding hydrogens is 347 g/mol. The van der Waals surface area contributed by atoms with Gasteiger partial charge in [-0.2, -0.15) is 0 Å². The molecule has 1 atom stereocenters. The zero-order chi connectivity index (χ0) is 20.0. The van der Waals surface area contributed by atoms with Gasteiger partial charge in [-0.05, 0) is 32.9 Å². The molecule has 1 aliphatic heterocycles. The maximum absolute atomic E-state index is 13.3. The van der Waals surface area contributed by atoms with Crippen molar-refractivity contribution in [1.29, 1.82) is 0 Å². The number of nitrogens with one attached hydrogen (secondary N) is 3. The molecule has 1 aromatic rings. The zero-order valence-electron chi connectivity index (χ0n) is 16.9. The molecule has 0 bridgehead atoms. The predicted octanol–water partition coefficient (Wildman–Crippen LogP) is -1.52. The number of nitrogens with zero attached hydrogens (tertiary/aromatic N) is 1. The minimum atomic E-state index is -0.249. The number of carbonyl (C=O) groups excluding carboxylic acids is 2. The molecule has 1 heterocycles. The largest absolute Gasteiger partial charge is 0.347 e. The van der Waals surface area contributed by atoms with E-state index in [1.165, 1.54) is 17.0 Å². The molecule has 0 aromatic heterocycles. The van der Waals surface area contributed by atoms with Crippen molar-refractivity contribution in [3.05, 3.63) is 35.6 Å². The number of hydrogen-bond donors (Lipinski definition) is 3. The van der Waals surface area contributed by atoms with Crippen LogP contribution in [-0.4, -0.2) is 68.6 Å². The lowest BCUT2D eigenvalue weighted by atomic mass is 10.1. The fraction of sp³-hybridized carbons (Fsp3) is 0.600. The molecule has 6 nitrogen and oxygen atoms in total. The average molecular weight is 381 g/mol. The first-order chi connectivity index (χ1) is 12.6. The maximum Gasteiger partial charge on any atom is 0.278 e. The fourth-order valence-electron chi connectivity index (χ4n) is 3.37. The van der Waals surface area contributed by atoms with E-state index in [1.54, 1.807) is 6.07 Å². The Hall–Kier alpha value is -1.99. The second-order valence-corrected chi connectivity index (χ2v) is 8.55.